The van der Waals surface area contributed by atoms with Crippen LogP contribution in [0.2, 0.25) is 0 Å². The van der Waals surface area contributed by atoms with Crippen LogP contribution < -0.4 is 5.73 Å². The van der Waals surface area contributed by atoms with E-state index in [9.17, 15) is 22.8 Å². The number of nitrogen functional groups attached to an aromatic ring is 1. The second kappa shape index (κ2) is 6.78. The van der Waals surface area contributed by atoms with Gasteiger partial charge >= 0.3 is 12.1 Å². The Morgan fingerprint density at radius 2 is 2.00 bits per heavy atom. The first-order valence-electron chi connectivity index (χ1n) is 5.78. The molecule has 0 saturated heterocycles. The van der Waals surface area contributed by atoms with Gasteiger partial charge in [0.25, 0.3) is 0 Å². The number of carbonyl (C=O) groups excluding carboxylic acids is 1. The molecule has 0 aliphatic rings. The van der Waals surface area contributed by atoms with Gasteiger partial charge in [0, 0.05) is 11.8 Å². The Morgan fingerprint density at radius 3 is 2.52 bits per heavy atom. The van der Waals surface area contributed by atoms with Gasteiger partial charge in [0.15, 0.2) is 0 Å². The molecule has 1 aromatic rings. The number of nitrogens with zero attached hydrogens (tertiary/aromatic N) is 1. The molecule has 3 N–H and O–H groups in total. The van der Waals surface area contributed by atoms with E-state index >= 15 is 0 Å². The number of rotatable bonds is 5. The molecule has 1 aromatic carbocycles. The van der Waals surface area contributed by atoms with Gasteiger partial charge in [0.05, 0.1) is 0 Å². The van der Waals surface area contributed by atoms with Crippen molar-refractivity contribution >= 4 is 23.6 Å². The highest BCUT2D eigenvalue weighted by atomic mass is 19.4. The lowest BCUT2D eigenvalue weighted by molar-refractivity contribution is -0.163. The third kappa shape index (κ3) is 6.46. The fourth-order valence-corrected chi connectivity index (χ4v) is 1.53. The molecule has 0 aromatic heterocycles. The maximum absolute atomic E-state index is 12.3. The zero-order valence-corrected chi connectivity index (χ0v) is 10.8. The van der Waals surface area contributed by atoms with Crippen LogP contribution in [0, 0.1) is 0 Å². The van der Waals surface area contributed by atoms with Gasteiger partial charge in [-0.15, -0.1) is 0 Å². The molecule has 1 amide bonds. The van der Waals surface area contributed by atoms with E-state index in [0.717, 1.165) is 6.08 Å². The molecular weight excluding hydrogens is 289 g/mol. The van der Waals surface area contributed by atoms with E-state index in [2.05, 4.69) is 0 Å². The highest BCUT2D eigenvalue weighted by Gasteiger charge is 2.33. The lowest BCUT2D eigenvalue weighted by Gasteiger charge is -2.20. The standard InChI is InChI=1S/C13H13F3N2O3/c14-13(15,16)8-18(7-12(20)21)11(19)5-4-9-2-1-3-10(17)6-9/h1-6H,7-8,17H2,(H,20,21)/b5-4+. The Morgan fingerprint density at radius 1 is 1.33 bits per heavy atom. The van der Waals surface area contributed by atoms with Crippen molar-refractivity contribution in [2.75, 3.05) is 18.8 Å². The van der Waals surface area contributed by atoms with E-state index in [1.54, 1.807) is 18.2 Å². The summed E-state index contributed by atoms with van der Waals surface area (Å²) >= 11 is 0. The minimum absolute atomic E-state index is 0.200. The molecule has 0 aliphatic carbocycles. The van der Waals surface area contributed by atoms with E-state index < -0.39 is 31.1 Å². The average molecular weight is 302 g/mol. The topological polar surface area (TPSA) is 83.6 Å². The van der Waals surface area contributed by atoms with Gasteiger partial charge in [-0.3, -0.25) is 9.59 Å². The summed E-state index contributed by atoms with van der Waals surface area (Å²) in [5.41, 5.74) is 6.47. The number of carboxylic acid groups (broad SMARTS) is 1. The number of anilines is 1. The molecular formula is C13H13F3N2O3. The summed E-state index contributed by atoms with van der Waals surface area (Å²) in [4.78, 5) is 22.4. The van der Waals surface area contributed by atoms with Crippen molar-refractivity contribution < 1.29 is 27.9 Å². The van der Waals surface area contributed by atoms with E-state index in [0.29, 0.717) is 11.3 Å². The summed E-state index contributed by atoms with van der Waals surface area (Å²) in [6, 6.07) is 6.35. The van der Waals surface area contributed by atoms with Crippen LogP contribution in [-0.2, 0) is 9.59 Å². The molecule has 21 heavy (non-hydrogen) atoms. The summed E-state index contributed by atoms with van der Waals surface area (Å²) in [5.74, 6) is -2.57. The first-order chi connectivity index (χ1) is 9.67. The first-order valence-corrected chi connectivity index (χ1v) is 5.78. The van der Waals surface area contributed by atoms with Crippen molar-refractivity contribution in [1.29, 1.82) is 0 Å². The van der Waals surface area contributed by atoms with Crippen LogP contribution in [0.1, 0.15) is 5.56 Å². The first kappa shape index (κ1) is 16.5. The van der Waals surface area contributed by atoms with Crippen LogP contribution in [0.15, 0.2) is 30.3 Å². The molecule has 5 nitrogen and oxygen atoms in total. The smallest absolute Gasteiger partial charge is 0.406 e. The van der Waals surface area contributed by atoms with Gasteiger partial charge in [-0.1, -0.05) is 12.1 Å². The number of halogens is 3. The fraction of sp³-hybridized carbons (Fsp3) is 0.231. The van der Waals surface area contributed by atoms with Gasteiger partial charge in [0.1, 0.15) is 13.1 Å². The van der Waals surface area contributed by atoms with Crippen molar-refractivity contribution in [3.8, 4) is 0 Å². The van der Waals surface area contributed by atoms with Crippen LogP contribution in [0.3, 0.4) is 0 Å². The SMILES string of the molecule is Nc1cccc(/C=C/C(=O)N(CC(=O)O)CC(F)(F)F)c1. The molecule has 0 atom stereocenters. The van der Waals surface area contributed by atoms with E-state index in [1.165, 1.54) is 12.1 Å². The summed E-state index contributed by atoms with van der Waals surface area (Å²) < 4.78 is 36.9. The fourth-order valence-electron chi connectivity index (χ4n) is 1.53. The molecule has 0 unspecified atom stereocenters. The van der Waals surface area contributed by atoms with E-state index in [4.69, 9.17) is 10.8 Å². The Hall–Kier alpha value is -2.51. The van der Waals surface area contributed by atoms with E-state index in [-0.39, 0.29) is 4.90 Å². The number of carboxylic acids is 1. The molecule has 0 fully saturated rings. The predicted octanol–water partition coefficient (Wildman–Crippen LogP) is 1.76. The molecule has 0 heterocycles. The lowest BCUT2D eigenvalue weighted by atomic mass is 10.2. The minimum atomic E-state index is -4.67. The Balaban J connectivity index is 2.82. The van der Waals surface area contributed by atoms with Gasteiger partial charge in [-0.05, 0) is 23.8 Å². The minimum Gasteiger partial charge on any atom is -0.480 e. The summed E-state index contributed by atoms with van der Waals surface area (Å²) in [5, 5.41) is 8.55. The number of nitrogens with two attached hydrogens (primary N) is 1. The van der Waals surface area contributed by atoms with Crippen molar-refractivity contribution in [2.45, 2.75) is 6.18 Å². The number of aliphatic carboxylic acids is 1. The quantitative estimate of drug-likeness (QED) is 0.641. The molecule has 0 saturated carbocycles. The van der Waals surface area contributed by atoms with Crippen LogP contribution in [0.4, 0.5) is 18.9 Å². The summed E-state index contributed by atoms with van der Waals surface area (Å²) in [7, 11) is 0. The van der Waals surface area contributed by atoms with Crippen molar-refractivity contribution in [2.24, 2.45) is 0 Å². The number of carbonyl (C=O) groups is 2. The Labute approximate surface area is 118 Å². The van der Waals surface area contributed by atoms with Gasteiger partial charge in [-0.25, -0.2) is 0 Å². The highest BCUT2D eigenvalue weighted by Crippen LogP contribution is 2.17. The second-order valence-electron chi connectivity index (χ2n) is 4.21. The van der Waals surface area contributed by atoms with E-state index in [1.807, 2.05) is 0 Å². The van der Waals surface area contributed by atoms with Crippen molar-refractivity contribution in [3.05, 3.63) is 35.9 Å². The Bertz CT molecular complexity index is 556. The maximum Gasteiger partial charge on any atom is 0.406 e. The molecule has 0 bridgehead atoms. The number of hydrogen-bond acceptors (Lipinski definition) is 3. The predicted molar refractivity (Wildman–Crippen MR) is 70.2 cm³/mol. The van der Waals surface area contributed by atoms with Crippen molar-refractivity contribution in [1.82, 2.24) is 4.90 Å². The van der Waals surface area contributed by atoms with Gasteiger partial charge in [0.2, 0.25) is 5.91 Å². The lowest BCUT2D eigenvalue weighted by Crippen LogP contribution is -2.41. The third-order valence-corrected chi connectivity index (χ3v) is 2.34. The summed E-state index contributed by atoms with van der Waals surface area (Å²) in [6.45, 7) is -2.65. The van der Waals surface area contributed by atoms with Crippen LogP contribution in [0.5, 0.6) is 0 Å². The largest absolute Gasteiger partial charge is 0.480 e. The zero-order valence-electron chi connectivity index (χ0n) is 10.8. The second-order valence-corrected chi connectivity index (χ2v) is 4.21. The summed E-state index contributed by atoms with van der Waals surface area (Å²) in [6.07, 6.45) is -2.52. The Kier molecular flexibility index (Phi) is 5.34. The highest BCUT2D eigenvalue weighted by molar-refractivity contribution is 5.93. The molecule has 0 aliphatic heterocycles. The molecule has 114 valence electrons. The molecule has 0 spiro atoms. The monoisotopic (exact) mass is 302 g/mol. The molecule has 8 heteroatoms. The molecule has 1 rings (SSSR count). The normalized spacial score (nSPS) is 11.6. The number of amides is 1. The van der Waals surface area contributed by atoms with Crippen LogP contribution >= 0.6 is 0 Å². The number of alkyl halides is 3. The number of benzene rings is 1. The van der Waals surface area contributed by atoms with Crippen LogP contribution in [-0.4, -0.2) is 41.1 Å². The van der Waals surface area contributed by atoms with Gasteiger partial charge in [-0.2, -0.15) is 13.2 Å². The maximum atomic E-state index is 12.3. The zero-order chi connectivity index (χ0) is 16.0. The third-order valence-electron chi connectivity index (χ3n) is 2.34. The average Bonchev–Trinajstić information content (AvgIpc) is 2.33. The number of hydrogen-bond donors (Lipinski definition) is 2. The molecule has 0 radical (unpaired) electrons. The van der Waals surface area contributed by atoms with Gasteiger partial charge < -0.3 is 15.7 Å². The van der Waals surface area contributed by atoms with Crippen LogP contribution in [0.25, 0.3) is 6.08 Å². The van der Waals surface area contributed by atoms with Crippen molar-refractivity contribution in [3.63, 3.8) is 0 Å².